The van der Waals surface area contributed by atoms with E-state index < -0.39 is 0 Å². The second kappa shape index (κ2) is 10.8. The summed E-state index contributed by atoms with van der Waals surface area (Å²) in [6, 6.07) is 60.1. The lowest BCUT2D eigenvalue weighted by molar-refractivity contribution is 0.620. The minimum Gasteiger partial charge on any atom is -0.436 e. The van der Waals surface area contributed by atoms with Crippen LogP contribution < -0.4 is 4.90 Å². The lowest BCUT2D eigenvalue weighted by Crippen LogP contribution is -2.09. The molecule has 8 aromatic carbocycles. The minimum absolute atomic E-state index is 0.625. The van der Waals surface area contributed by atoms with Crippen molar-refractivity contribution in [1.29, 1.82) is 0 Å². The minimum atomic E-state index is 0.625. The van der Waals surface area contributed by atoms with Crippen molar-refractivity contribution in [2.75, 3.05) is 4.90 Å². The molecule has 0 unspecified atom stereocenters. The predicted octanol–water partition coefficient (Wildman–Crippen LogP) is 12.1. The van der Waals surface area contributed by atoms with Crippen molar-refractivity contribution in [3.63, 3.8) is 0 Å². The zero-order valence-corrected chi connectivity index (χ0v) is 25.0. The first-order valence-corrected chi connectivity index (χ1v) is 15.5. The average molecular weight is 589 g/mol. The van der Waals surface area contributed by atoms with Crippen molar-refractivity contribution in [3.8, 4) is 22.6 Å². The van der Waals surface area contributed by atoms with E-state index in [-0.39, 0.29) is 0 Å². The normalized spacial score (nSPS) is 11.5. The average Bonchev–Trinajstić information content (AvgIpc) is 3.56. The van der Waals surface area contributed by atoms with Gasteiger partial charge < -0.3 is 9.32 Å². The highest BCUT2D eigenvalue weighted by atomic mass is 16.3. The number of para-hydroxylation sites is 3. The largest absolute Gasteiger partial charge is 0.436 e. The molecule has 9 rings (SSSR count). The van der Waals surface area contributed by atoms with E-state index in [0.29, 0.717) is 5.89 Å². The first-order valence-electron chi connectivity index (χ1n) is 15.5. The van der Waals surface area contributed by atoms with Gasteiger partial charge in [0.25, 0.3) is 0 Å². The molecule has 0 saturated carbocycles. The van der Waals surface area contributed by atoms with Gasteiger partial charge in [0.1, 0.15) is 5.52 Å². The predicted molar refractivity (Wildman–Crippen MR) is 192 cm³/mol. The van der Waals surface area contributed by atoms with Crippen molar-refractivity contribution in [2.24, 2.45) is 0 Å². The topological polar surface area (TPSA) is 29.3 Å². The number of nitrogens with zero attached hydrogens (tertiary/aromatic N) is 2. The van der Waals surface area contributed by atoms with E-state index in [9.17, 15) is 0 Å². The van der Waals surface area contributed by atoms with Gasteiger partial charge in [-0.25, -0.2) is 4.98 Å². The van der Waals surface area contributed by atoms with E-state index in [4.69, 9.17) is 4.42 Å². The monoisotopic (exact) mass is 588 g/mol. The second-order valence-corrected chi connectivity index (χ2v) is 11.7. The fourth-order valence-corrected chi connectivity index (χ4v) is 6.44. The van der Waals surface area contributed by atoms with E-state index >= 15 is 0 Å². The highest BCUT2D eigenvalue weighted by Gasteiger charge is 2.15. The van der Waals surface area contributed by atoms with Gasteiger partial charge in [-0.1, -0.05) is 84.9 Å². The number of hydrogen-bond acceptors (Lipinski definition) is 3. The Bertz CT molecular complexity index is 2500. The third kappa shape index (κ3) is 4.66. The lowest BCUT2D eigenvalue weighted by Gasteiger charge is -2.26. The summed E-state index contributed by atoms with van der Waals surface area (Å²) in [5.41, 5.74) is 8.29. The molecule has 3 nitrogen and oxygen atoms in total. The molecule has 3 heteroatoms. The van der Waals surface area contributed by atoms with Crippen LogP contribution in [0.3, 0.4) is 0 Å². The van der Waals surface area contributed by atoms with Gasteiger partial charge in [-0.15, -0.1) is 0 Å². The maximum absolute atomic E-state index is 6.03. The Morgan fingerprint density at radius 1 is 0.370 bits per heavy atom. The Kier molecular flexibility index (Phi) is 6.14. The molecule has 0 aliphatic heterocycles. The summed E-state index contributed by atoms with van der Waals surface area (Å²) >= 11 is 0. The molecule has 216 valence electrons. The molecule has 0 bridgehead atoms. The molecular formula is C43H28N2O. The van der Waals surface area contributed by atoms with Gasteiger partial charge in [0, 0.05) is 22.6 Å². The van der Waals surface area contributed by atoms with Crippen LogP contribution in [-0.4, -0.2) is 4.98 Å². The molecule has 9 aromatic rings. The summed E-state index contributed by atoms with van der Waals surface area (Å²) in [7, 11) is 0. The maximum Gasteiger partial charge on any atom is 0.227 e. The van der Waals surface area contributed by atoms with E-state index in [1.54, 1.807) is 0 Å². The Hall–Kier alpha value is -6.19. The molecule has 0 saturated heterocycles. The fraction of sp³-hybridized carbons (Fsp3) is 0. The molecular weight excluding hydrogens is 560 g/mol. The van der Waals surface area contributed by atoms with Crippen LogP contribution in [0.15, 0.2) is 174 Å². The molecule has 0 fully saturated rings. The van der Waals surface area contributed by atoms with Gasteiger partial charge in [-0.3, -0.25) is 0 Å². The van der Waals surface area contributed by atoms with Crippen LogP contribution in [0.2, 0.25) is 0 Å². The van der Waals surface area contributed by atoms with Crippen LogP contribution in [0.4, 0.5) is 17.1 Å². The first-order chi connectivity index (χ1) is 22.7. The highest BCUT2D eigenvalue weighted by molar-refractivity contribution is 6.00. The number of aromatic nitrogens is 1. The van der Waals surface area contributed by atoms with Crippen molar-refractivity contribution in [2.45, 2.75) is 0 Å². The zero-order valence-electron chi connectivity index (χ0n) is 25.0. The van der Waals surface area contributed by atoms with E-state index in [1.165, 1.54) is 43.4 Å². The fourth-order valence-electron chi connectivity index (χ4n) is 6.44. The Balaban J connectivity index is 1.07. The summed E-state index contributed by atoms with van der Waals surface area (Å²) in [5, 5.41) is 7.45. The number of hydrogen-bond donors (Lipinski definition) is 0. The molecule has 0 atom stereocenters. The van der Waals surface area contributed by atoms with Gasteiger partial charge in [0.2, 0.25) is 5.89 Å². The van der Waals surface area contributed by atoms with Crippen molar-refractivity contribution >= 4 is 60.5 Å². The lowest BCUT2D eigenvalue weighted by atomic mass is 9.97. The van der Waals surface area contributed by atoms with E-state index in [1.807, 2.05) is 24.3 Å². The third-order valence-electron chi connectivity index (χ3n) is 8.80. The van der Waals surface area contributed by atoms with Crippen LogP contribution in [0.5, 0.6) is 0 Å². The molecule has 46 heavy (non-hydrogen) atoms. The first kappa shape index (κ1) is 26.2. The van der Waals surface area contributed by atoms with E-state index in [2.05, 4.69) is 155 Å². The van der Waals surface area contributed by atoms with Crippen LogP contribution in [-0.2, 0) is 0 Å². The molecule has 0 aliphatic carbocycles. The molecule has 0 N–H and O–H groups in total. The van der Waals surface area contributed by atoms with Gasteiger partial charge in [0.05, 0.1) is 0 Å². The van der Waals surface area contributed by atoms with Crippen LogP contribution in [0, 0.1) is 0 Å². The third-order valence-corrected chi connectivity index (χ3v) is 8.80. The van der Waals surface area contributed by atoms with Crippen molar-refractivity contribution in [3.05, 3.63) is 170 Å². The van der Waals surface area contributed by atoms with Gasteiger partial charge >= 0.3 is 0 Å². The number of oxazole rings is 1. The van der Waals surface area contributed by atoms with Gasteiger partial charge in [0.15, 0.2) is 5.58 Å². The smallest absolute Gasteiger partial charge is 0.227 e. The Morgan fingerprint density at radius 3 is 1.65 bits per heavy atom. The molecule has 1 heterocycles. The van der Waals surface area contributed by atoms with E-state index in [0.717, 1.165) is 33.7 Å². The molecule has 0 radical (unpaired) electrons. The zero-order chi connectivity index (χ0) is 30.5. The van der Waals surface area contributed by atoms with Crippen LogP contribution >= 0.6 is 0 Å². The second-order valence-electron chi connectivity index (χ2n) is 11.7. The number of rotatable bonds is 5. The highest BCUT2D eigenvalue weighted by Crippen LogP contribution is 2.38. The summed E-state index contributed by atoms with van der Waals surface area (Å²) in [6.07, 6.45) is 0. The molecule has 0 aliphatic rings. The quantitative estimate of drug-likeness (QED) is 0.187. The maximum atomic E-state index is 6.03. The summed E-state index contributed by atoms with van der Waals surface area (Å²) in [6.45, 7) is 0. The Labute approximate surface area is 266 Å². The standard InChI is InChI=1S/C43H28N2O/c1-2-10-38(11-3-1)45(39-21-18-29(19-22-39)43-44-41-12-6-7-13-42(41)46-43)40-23-20-34-25-32(15-17-36(34)28-40)33-14-16-35-24-30-8-4-5-9-31(30)26-37(35)27-33/h1-28H. The number of fused-ring (bicyclic) bond motifs is 4. The van der Waals surface area contributed by atoms with Crippen LogP contribution in [0.25, 0.3) is 66.0 Å². The summed E-state index contributed by atoms with van der Waals surface area (Å²) < 4.78 is 6.03. The Morgan fingerprint density at radius 2 is 0.891 bits per heavy atom. The molecule has 0 spiro atoms. The number of benzene rings is 8. The van der Waals surface area contributed by atoms with Crippen LogP contribution in [0.1, 0.15) is 0 Å². The number of anilines is 3. The SMILES string of the molecule is c1ccc(N(c2ccc(-c3nc4ccccc4o3)cc2)c2ccc3cc(-c4ccc5cc6ccccc6cc5c4)ccc3c2)cc1. The summed E-state index contributed by atoms with van der Waals surface area (Å²) in [4.78, 5) is 6.97. The van der Waals surface area contributed by atoms with Crippen molar-refractivity contribution < 1.29 is 4.42 Å². The van der Waals surface area contributed by atoms with Gasteiger partial charge in [-0.2, -0.15) is 0 Å². The van der Waals surface area contributed by atoms with Gasteiger partial charge in [-0.05, 0) is 128 Å². The summed E-state index contributed by atoms with van der Waals surface area (Å²) in [5.74, 6) is 0.625. The van der Waals surface area contributed by atoms with Crippen molar-refractivity contribution in [1.82, 2.24) is 4.98 Å². The molecule has 1 aromatic heterocycles. The molecule has 0 amide bonds.